The molecule has 0 bridgehead atoms. The van der Waals surface area contributed by atoms with Crippen molar-refractivity contribution in [3.63, 3.8) is 0 Å². The van der Waals surface area contributed by atoms with Crippen LogP contribution in [0.1, 0.15) is 12.0 Å². The minimum absolute atomic E-state index is 0.0429. The van der Waals surface area contributed by atoms with Crippen molar-refractivity contribution >= 4 is 16.0 Å². The molecule has 98 valence electrons. The fourth-order valence-corrected chi connectivity index (χ4v) is 2.40. The highest BCUT2D eigenvalue weighted by Crippen LogP contribution is 2.29. The van der Waals surface area contributed by atoms with E-state index in [1.807, 2.05) is 0 Å². The minimum atomic E-state index is -3.72. The van der Waals surface area contributed by atoms with Gasteiger partial charge in [-0.1, -0.05) is 0 Å². The van der Waals surface area contributed by atoms with Gasteiger partial charge < -0.3 is 9.47 Å². The zero-order chi connectivity index (χ0) is 13.3. The largest absolute Gasteiger partial charge is 0.478 e. The molecule has 6 nitrogen and oxygen atoms in total. The molecule has 0 fully saturated rings. The Hall–Kier alpha value is -1.60. The fraction of sp³-hybridized carbons (Fsp3) is 0.364. The molecule has 0 aliphatic carbocycles. The molecule has 1 atom stereocenters. The first-order valence-electron chi connectivity index (χ1n) is 5.32. The van der Waals surface area contributed by atoms with E-state index in [0.717, 1.165) is 5.56 Å². The first kappa shape index (κ1) is 12.8. The SMILES string of the molecule is COC(=O)C1CCc2cc(S(N)(=O)=O)ccc2O1. The summed E-state index contributed by atoms with van der Waals surface area (Å²) in [4.78, 5) is 11.4. The Morgan fingerprint density at radius 2 is 2.22 bits per heavy atom. The van der Waals surface area contributed by atoms with Gasteiger partial charge in [0.25, 0.3) is 0 Å². The molecule has 1 aliphatic rings. The van der Waals surface area contributed by atoms with Crippen molar-refractivity contribution in [2.75, 3.05) is 7.11 Å². The van der Waals surface area contributed by atoms with Gasteiger partial charge in [-0.15, -0.1) is 0 Å². The Labute approximate surface area is 105 Å². The summed E-state index contributed by atoms with van der Waals surface area (Å²) in [6.07, 6.45) is 0.356. The zero-order valence-electron chi connectivity index (χ0n) is 9.75. The average Bonchev–Trinajstić information content (AvgIpc) is 2.35. The number of sulfonamides is 1. The third-order valence-electron chi connectivity index (χ3n) is 2.77. The van der Waals surface area contributed by atoms with Crippen LogP contribution in [-0.2, 0) is 26.0 Å². The molecule has 0 radical (unpaired) electrons. The van der Waals surface area contributed by atoms with E-state index < -0.39 is 22.1 Å². The van der Waals surface area contributed by atoms with Crippen LogP contribution in [0, 0.1) is 0 Å². The van der Waals surface area contributed by atoms with E-state index in [4.69, 9.17) is 9.88 Å². The number of hydrogen-bond donors (Lipinski definition) is 1. The molecule has 2 N–H and O–H groups in total. The summed E-state index contributed by atoms with van der Waals surface area (Å²) < 4.78 is 32.4. The van der Waals surface area contributed by atoms with E-state index in [9.17, 15) is 13.2 Å². The van der Waals surface area contributed by atoms with E-state index in [1.54, 1.807) is 0 Å². The van der Waals surface area contributed by atoms with Gasteiger partial charge in [0.15, 0.2) is 6.10 Å². The number of primary sulfonamides is 1. The molecule has 1 aliphatic heterocycles. The number of carbonyl (C=O) groups is 1. The third-order valence-corrected chi connectivity index (χ3v) is 3.68. The Balaban J connectivity index is 2.29. The van der Waals surface area contributed by atoms with E-state index in [0.29, 0.717) is 18.6 Å². The summed E-state index contributed by atoms with van der Waals surface area (Å²) in [5.74, 6) is 0.0558. The highest BCUT2D eigenvalue weighted by atomic mass is 32.2. The molecule has 0 saturated carbocycles. The fourth-order valence-electron chi connectivity index (χ4n) is 1.84. The predicted octanol–water partition coefficient (Wildman–Crippen LogP) is 0.201. The topological polar surface area (TPSA) is 95.7 Å². The number of aryl methyl sites for hydroxylation is 1. The van der Waals surface area contributed by atoms with Gasteiger partial charge >= 0.3 is 5.97 Å². The van der Waals surface area contributed by atoms with Gasteiger partial charge in [0.1, 0.15) is 5.75 Å². The van der Waals surface area contributed by atoms with Gasteiger partial charge in [0.2, 0.25) is 10.0 Å². The van der Waals surface area contributed by atoms with E-state index in [1.165, 1.54) is 25.3 Å². The zero-order valence-corrected chi connectivity index (χ0v) is 10.6. The van der Waals surface area contributed by atoms with E-state index >= 15 is 0 Å². The summed E-state index contributed by atoms with van der Waals surface area (Å²) in [6, 6.07) is 4.33. The van der Waals surface area contributed by atoms with Crippen molar-refractivity contribution in [1.29, 1.82) is 0 Å². The maximum absolute atomic E-state index is 11.3. The number of esters is 1. The number of nitrogens with two attached hydrogens (primary N) is 1. The maximum atomic E-state index is 11.3. The summed E-state index contributed by atoms with van der Waals surface area (Å²) in [5, 5.41) is 5.04. The average molecular weight is 271 g/mol. The molecular formula is C11H13NO5S. The van der Waals surface area contributed by atoms with E-state index in [2.05, 4.69) is 4.74 Å². The van der Waals surface area contributed by atoms with Gasteiger partial charge in [0, 0.05) is 0 Å². The molecule has 0 saturated heterocycles. The second-order valence-electron chi connectivity index (χ2n) is 3.98. The molecule has 0 spiro atoms. The molecule has 1 aromatic rings. The number of ether oxygens (including phenoxy) is 2. The monoisotopic (exact) mass is 271 g/mol. The minimum Gasteiger partial charge on any atom is -0.478 e. The van der Waals surface area contributed by atoms with Crippen molar-refractivity contribution in [2.24, 2.45) is 5.14 Å². The first-order valence-corrected chi connectivity index (χ1v) is 6.86. The molecule has 1 heterocycles. The lowest BCUT2D eigenvalue weighted by molar-refractivity contribution is -0.149. The molecule has 0 aromatic heterocycles. The Morgan fingerprint density at radius 3 is 2.83 bits per heavy atom. The van der Waals surface area contributed by atoms with Crippen LogP contribution in [0.3, 0.4) is 0 Å². The lowest BCUT2D eigenvalue weighted by Gasteiger charge is -2.24. The first-order chi connectivity index (χ1) is 8.41. The number of benzene rings is 1. The van der Waals surface area contributed by atoms with Gasteiger partial charge in [-0.25, -0.2) is 18.4 Å². The second kappa shape index (κ2) is 4.58. The van der Waals surface area contributed by atoms with Crippen molar-refractivity contribution < 1.29 is 22.7 Å². The smallest absolute Gasteiger partial charge is 0.347 e. The van der Waals surface area contributed by atoms with Crippen LogP contribution in [-0.4, -0.2) is 27.6 Å². The van der Waals surface area contributed by atoms with Crippen LogP contribution in [0.15, 0.2) is 23.1 Å². The highest BCUT2D eigenvalue weighted by molar-refractivity contribution is 7.89. The molecule has 7 heteroatoms. The summed E-state index contributed by atoms with van der Waals surface area (Å²) >= 11 is 0. The lowest BCUT2D eigenvalue weighted by Crippen LogP contribution is -2.32. The van der Waals surface area contributed by atoms with Crippen LogP contribution in [0.4, 0.5) is 0 Å². The second-order valence-corrected chi connectivity index (χ2v) is 5.54. The molecule has 18 heavy (non-hydrogen) atoms. The van der Waals surface area contributed by atoms with Gasteiger partial charge in [-0.05, 0) is 36.6 Å². The Kier molecular flexibility index (Phi) is 3.27. The number of hydrogen-bond acceptors (Lipinski definition) is 5. The van der Waals surface area contributed by atoms with Gasteiger partial charge in [-0.3, -0.25) is 0 Å². The quantitative estimate of drug-likeness (QED) is 0.775. The lowest BCUT2D eigenvalue weighted by atomic mass is 10.0. The number of carbonyl (C=O) groups excluding carboxylic acids is 1. The normalized spacial score (nSPS) is 18.7. The standard InChI is InChI=1S/C11H13NO5S/c1-16-11(13)10-4-2-7-6-8(18(12,14)15)3-5-9(7)17-10/h3,5-6,10H,2,4H2,1H3,(H2,12,14,15). The predicted molar refractivity (Wildman–Crippen MR) is 62.6 cm³/mol. The van der Waals surface area contributed by atoms with Crippen molar-refractivity contribution in [3.05, 3.63) is 23.8 Å². The molecule has 0 amide bonds. The molecule has 1 unspecified atom stereocenters. The van der Waals surface area contributed by atoms with Crippen LogP contribution in [0.25, 0.3) is 0 Å². The van der Waals surface area contributed by atoms with Crippen molar-refractivity contribution in [2.45, 2.75) is 23.8 Å². The summed E-state index contributed by atoms with van der Waals surface area (Å²) in [6.45, 7) is 0. The summed E-state index contributed by atoms with van der Waals surface area (Å²) in [7, 11) is -2.42. The third kappa shape index (κ3) is 2.46. The van der Waals surface area contributed by atoms with Gasteiger partial charge in [-0.2, -0.15) is 0 Å². The molecule has 1 aromatic carbocycles. The van der Waals surface area contributed by atoms with Crippen LogP contribution < -0.4 is 9.88 Å². The van der Waals surface area contributed by atoms with Gasteiger partial charge in [0.05, 0.1) is 12.0 Å². The Morgan fingerprint density at radius 1 is 1.50 bits per heavy atom. The van der Waals surface area contributed by atoms with E-state index in [-0.39, 0.29) is 4.90 Å². The number of fused-ring (bicyclic) bond motifs is 1. The van der Waals surface area contributed by atoms with Crippen molar-refractivity contribution in [3.8, 4) is 5.75 Å². The van der Waals surface area contributed by atoms with Crippen LogP contribution >= 0.6 is 0 Å². The van der Waals surface area contributed by atoms with Crippen molar-refractivity contribution in [1.82, 2.24) is 0 Å². The highest BCUT2D eigenvalue weighted by Gasteiger charge is 2.27. The molecular weight excluding hydrogens is 258 g/mol. The summed E-state index contributed by atoms with van der Waals surface area (Å²) in [5.41, 5.74) is 0.724. The molecule has 2 rings (SSSR count). The number of rotatable bonds is 2. The van der Waals surface area contributed by atoms with Crippen LogP contribution in [0.5, 0.6) is 5.75 Å². The van der Waals surface area contributed by atoms with Crippen LogP contribution in [0.2, 0.25) is 0 Å². The number of methoxy groups -OCH3 is 1. The maximum Gasteiger partial charge on any atom is 0.347 e. The Bertz CT molecular complexity index is 581.